The summed E-state index contributed by atoms with van der Waals surface area (Å²) >= 11 is 0. The van der Waals surface area contributed by atoms with Gasteiger partial charge in [-0.3, -0.25) is 10.1 Å². The molecule has 0 aliphatic carbocycles. The number of nitrogens with one attached hydrogen (secondary N) is 1. The summed E-state index contributed by atoms with van der Waals surface area (Å²) in [5, 5.41) is 12.6. The number of ether oxygens (including phenoxy) is 1. The maximum Gasteiger partial charge on any atom is 0.323 e. The zero-order valence-corrected chi connectivity index (χ0v) is 12.8. The SMILES string of the molecule is CCCC(C)(NC(C)Cc1ccccc1OC)C(=O)O. The van der Waals surface area contributed by atoms with E-state index in [1.807, 2.05) is 38.1 Å². The van der Waals surface area contributed by atoms with Gasteiger partial charge in [0.2, 0.25) is 0 Å². The number of hydrogen-bond donors (Lipinski definition) is 2. The van der Waals surface area contributed by atoms with Crippen molar-refractivity contribution in [2.24, 2.45) is 0 Å². The summed E-state index contributed by atoms with van der Waals surface area (Å²) in [6, 6.07) is 7.88. The molecule has 4 heteroatoms. The van der Waals surface area contributed by atoms with E-state index in [0.717, 1.165) is 24.2 Å². The quantitative estimate of drug-likeness (QED) is 0.768. The normalized spacial score (nSPS) is 15.4. The second-order valence-corrected chi connectivity index (χ2v) is 5.45. The smallest absolute Gasteiger partial charge is 0.323 e. The first-order valence-electron chi connectivity index (χ1n) is 7.06. The van der Waals surface area contributed by atoms with Crippen molar-refractivity contribution in [2.45, 2.75) is 51.6 Å². The standard InChI is InChI=1S/C16H25NO3/c1-5-10-16(3,15(18)19)17-12(2)11-13-8-6-7-9-14(13)20-4/h6-9,12,17H,5,10-11H2,1-4H3,(H,18,19). The van der Waals surface area contributed by atoms with Crippen molar-refractivity contribution in [3.8, 4) is 5.75 Å². The molecule has 0 aromatic heterocycles. The fourth-order valence-corrected chi connectivity index (χ4v) is 2.54. The number of carboxylic acids is 1. The van der Waals surface area contributed by atoms with E-state index in [1.165, 1.54) is 0 Å². The van der Waals surface area contributed by atoms with Crippen LogP contribution in [0.4, 0.5) is 0 Å². The van der Waals surface area contributed by atoms with Crippen LogP contribution in [0.5, 0.6) is 5.75 Å². The zero-order chi connectivity index (χ0) is 15.2. The molecule has 1 rings (SSSR count). The second kappa shape index (κ2) is 7.29. The Morgan fingerprint density at radius 1 is 1.45 bits per heavy atom. The summed E-state index contributed by atoms with van der Waals surface area (Å²) in [7, 11) is 1.65. The van der Waals surface area contributed by atoms with Gasteiger partial charge in [0, 0.05) is 6.04 Å². The molecule has 0 heterocycles. The molecule has 1 aromatic rings. The van der Waals surface area contributed by atoms with E-state index in [1.54, 1.807) is 14.0 Å². The molecule has 112 valence electrons. The topological polar surface area (TPSA) is 58.6 Å². The number of carboxylic acid groups (broad SMARTS) is 1. The van der Waals surface area contributed by atoms with Gasteiger partial charge in [0.1, 0.15) is 11.3 Å². The third kappa shape index (κ3) is 4.23. The van der Waals surface area contributed by atoms with E-state index in [4.69, 9.17) is 4.74 Å². The summed E-state index contributed by atoms with van der Waals surface area (Å²) in [5.41, 5.74) is 0.204. The molecule has 2 unspecified atom stereocenters. The van der Waals surface area contributed by atoms with Gasteiger partial charge in [-0.15, -0.1) is 0 Å². The van der Waals surface area contributed by atoms with Crippen LogP contribution in [0.15, 0.2) is 24.3 Å². The number of methoxy groups -OCH3 is 1. The van der Waals surface area contributed by atoms with Gasteiger partial charge in [-0.1, -0.05) is 31.5 Å². The van der Waals surface area contributed by atoms with Crippen LogP contribution < -0.4 is 10.1 Å². The Hall–Kier alpha value is -1.55. The van der Waals surface area contributed by atoms with Gasteiger partial charge in [-0.25, -0.2) is 0 Å². The van der Waals surface area contributed by atoms with Gasteiger partial charge >= 0.3 is 5.97 Å². The first-order valence-corrected chi connectivity index (χ1v) is 7.06. The number of hydrogen-bond acceptors (Lipinski definition) is 3. The lowest BCUT2D eigenvalue weighted by molar-refractivity contribution is -0.144. The Kier molecular flexibility index (Phi) is 6.02. The highest BCUT2D eigenvalue weighted by atomic mass is 16.5. The predicted octanol–water partition coefficient (Wildman–Crippen LogP) is 2.86. The zero-order valence-electron chi connectivity index (χ0n) is 12.8. The van der Waals surface area contributed by atoms with Crippen molar-refractivity contribution in [3.05, 3.63) is 29.8 Å². The summed E-state index contributed by atoms with van der Waals surface area (Å²) in [5.74, 6) is 0.0416. The van der Waals surface area contributed by atoms with Gasteiger partial charge in [0.15, 0.2) is 0 Å². The minimum atomic E-state index is -0.879. The third-order valence-corrected chi connectivity index (χ3v) is 3.51. The highest BCUT2D eigenvalue weighted by Crippen LogP contribution is 2.20. The largest absolute Gasteiger partial charge is 0.496 e. The van der Waals surface area contributed by atoms with E-state index < -0.39 is 11.5 Å². The molecule has 0 bridgehead atoms. The number of benzene rings is 1. The minimum absolute atomic E-state index is 0.0546. The van der Waals surface area contributed by atoms with Gasteiger partial charge in [0.25, 0.3) is 0 Å². The Balaban J connectivity index is 2.75. The summed E-state index contributed by atoms with van der Waals surface area (Å²) in [6.07, 6.45) is 2.17. The molecule has 2 atom stereocenters. The fourth-order valence-electron chi connectivity index (χ4n) is 2.54. The van der Waals surface area contributed by atoms with Gasteiger partial charge in [-0.2, -0.15) is 0 Å². The molecular weight excluding hydrogens is 254 g/mol. The number of para-hydroxylation sites is 1. The lowest BCUT2D eigenvalue weighted by atomic mass is 9.94. The Morgan fingerprint density at radius 3 is 2.65 bits per heavy atom. The summed E-state index contributed by atoms with van der Waals surface area (Å²) in [6.45, 7) is 5.74. The van der Waals surface area contributed by atoms with E-state index in [2.05, 4.69) is 5.32 Å². The average Bonchev–Trinajstić information content (AvgIpc) is 2.39. The number of aliphatic carboxylic acids is 1. The molecule has 0 aliphatic heterocycles. The van der Waals surface area contributed by atoms with Crippen LogP contribution in [0.1, 0.15) is 39.2 Å². The Labute approximate surface area is 121 Å². The fraction of sp³-hybridized carbons (Fsp3) is 0.562. The molecule has 0 spiro atoms. The molecule has 0 fully saturated rings. The molecule has 0 aliphatic rings. The average molecular weight is 279 g/mol. The van der Waals surface area contributed by atoms with Crippen LogP contribution in [0.2, 0.25) is 0 Å². The maximum absolute atomic E-state index is 11.4. The molecule has 4 nitrogen and oxygen atoms in total. The van der Waals surface area contributed by atoms with Crippen molar-refractivity contribution in [1.29, 1.82) is 0 Å². The van der Waals surface area contributed by atoms with Gasteiger partial charge < -0.3 is 9.84 Å². The maximum atomic E-state index is 11.4. The van der Waals surface area contributed by atoms with Crippen LogP contribution >= 0.6 is 0 Å². The van der Waals surface area contributed by atoms with E-state index >= 15 is 0 Å². The second-order valence-electron chi connectivity index (χ2n) is 5.45. The van der Waals surface area contributed by atoms with Crippen LogP contribution in [-0.4, -0.2) is 29.8 Å². The van der Waals surface area contributed by atoms with Crippen LogP contribution in [-0.2, 0) is 11.2 Å². The van der Waals surface area contributed by atoms with Crippen LogP contribution in [0.3, 0.4) is 0 Å². The van der Waals surface area contributed by atoms with E-state index in [0.29, 0.717) is 6.42 Å². The molecule has 1 aromatic carbocycles. The first kappa shape index (κ1) is 16.5. The van der Waals surface area contributed by atoms with Gasteiger partial charge in [0.05, 0.1) is 7.11 Å². The minimum Gasteiger partial charge on any atom is -0.496 e. The molecule has 0 saturated heterocycles. The van der Waals surface area contributed by atoms with Crippen molar-refractivity contribution < 1.29 is 14.6 Å². The number of carbonyl (C=O) groups is 1. The molecule has 0 saturated carbocycles. The number of rotatable bonds is 8. The van der Waals surface area contributed by atoms with Crippen molar-refractivity contribution >= 4 is 5.97 Å². The lowest BCUT2D eigenvalue weighted by Crippen LogP contribution is -2.53. The van der Waals surface area contributed by atoms with E-state index in [9.17, 15) is 9.90 Å². The van der Waals surface area contributed by atoms with Crippen LogP contribution in [0.25, 0.3) is 0 Å². The molecule has 0 amide bonds. The first-order chi connectivity index (χ1) is 9.42. The monoisotopic (exact) mass is 279 g/mol. The van der Waals surface area contributed by atoms with E-state index in [-0.39, 0.29) is 6.04 Å². The van der Waals surface area contributed by atoms with Crippen LogP contribution in [0, 0.1) is 0 Å². The van der Waals surface area contributed by atoms with Crippen molar-refractivity contribution in [1.82, 2.24) is 5.32 Å². The predicted molar refractivity (Wildman–Crippen MR) is 80.2 cm³/mol. The molecule has 2 N–H and O–H groups in total. The summed E-state index contributed by atoms with van der Waals surface area (Å²) < 4.78 is 5.33. The van der Waals surface area contributed by atoms with Crippen molar-refractivity contribution in [3.63, 3.8) is 0 Å². The highest BCUT2D eigenvalue weighted by molar-refractivity contribution is 5.78. The molecular formula is C16H25NO3. The molecule has 0 radical (unpaired) electrons. The highest BCUT2D eigenvalue weighted by Gasteiger charge is 2.33. The Bertz CT molecular complexity index is 447. The third-order valence-electron chi connectivity index (χ3n) is 3.51. The molecule has 20 heavy (non-hydrogen) atoms. The van der Waals surface area contributed by atoms with Crippen molar-refractivity contribution in [2.75, 3.05) is 7.11 Å². The lowest BCUT2D eigenvalue weighted by Gasteiger charge is -2.30. The Morgan fingerprint density at radius 2 is 2.10 bits per heavy atom. The van der Waals surface area contributed by atoms with Gasteiger partial charge in [-0.05, 0) is 38.3 Å². The summed E-state index contributed by atoms with van der Waals surface area (Å²) in [4.78, 5) is 11.4.